The van der Waals surface area contributed by atoms with E-state index >= 15 is 0 Å². The van der Waals surface area contributed by atoms with E-state index in [4.69, 9.17) is 14.2 Å². The van der Waals surface area contributed by atoms with Gasteiger partial charge in [0, 0.05) is 13.1 Å². The molecule has 2 unspecified atom stereocenters. The quantitative estimate of drug-likeness (QED) is 0.188. The van der Waals surface area contributed by atoms with Gasteiger partial charge < -0.3 is 19.1 Å². The number of esters is 2. The van der Waals surface area contributed by atoms with Crippen LogP contribution < -0.4 is 0 Å². The van der Waals surface area contributed by atoms with Crippen molar-refractivity contribution in [3.05, 3.63) is 12.7 Å². The predicted octanol–water partition coefficient (Wildman–Crippen LogP) is 2.83. The molecule has 0 fully saturated rings. The number of ether oxygens (including phenoxy) is 3. The van der Waals surface area contributed by atoms with Crippen LogP contribution in [0.4, 0.5) is 4.79 Å². The lowest BCUT2D eigenvalue weighted by Crippen LogP contribution is -2.37. The lowest BCUT2D eigenvalue weighted by Gasteiger charge is -2.32. The molecular weight excluding hydrogens is 357 g/mol. The number of hydrogen-bond acceptors (Lipinski definition) is 6. The molecule has 0 spiro atoms. The third kappa shape index (κ3) is 9.76. The molecule has 0 aromatic rings. The highest BCUT2D eigenvalue weighted by atomic mass is 31.1. The van der Waals surface area contributed by atoms with E-state index in [2.05, 4.69) is 27.4 Å². The Bertz CT molecular complexity index is 502. The second kappa shape index (κ2) is 11.2. The molecule has 0 saturated carbocycles. The Labute approximate surface area is 158 Å². The van der Waals surface area contributed by atoms with Crippen LogP contribution in [0.15, 0.2) is 12.7 Å². The first-order chi connectivity index (χ1) is 11.9. The minimum atomic E-state index is -0.578. The molecule has 2 atom stereocenters. The van der Waals surface area contributed by atoms with Crippen LogP contribution in [-0.4, -0.2) is 68.2 Å². The summed E-state index contributed by atoms with van der Waals surface area (Å²) in [4.78, 5) is 36.3. The van der Waals surface area contributed by atoms with E-state index in [-0.39, 0.29) is 37.7 Å². The van der Waals surface area contributed by atoms with Crippen molar-refractivity contribution in [3.8, 4) is 0 Å². The smallest absolute Gasteiger partial charge is 0.409 e. The van der Waals surface area contributed by atoms with E-state index in [1.165, 1.54) is 11.9 Å². The van der Waals surface area contributed by atoms with Crippen LogP contribution >= 0.6 is 8.58 Å². The van der Waals surface area contributed by atoms with Gasteiger partial charge in [0.05, 0.1) is 11.7 Å². The van der Waals surface area contributed by atoms with Crippen LogP contribution in [0.5, 0.6) is 0 Å². The van der Waals surface area contributed by atoms with Gasteiger partial charge in [0.25, 0.3) is 0 Å². The maximum Gasteiger partial charge on any atom is 0.409 e. The van der Waals surface area contributed by atoms with E-state index in [1.807, 2.05) is 13.6 Å². The number of carbonyl (C=O) groups excluding carboxylic acids is 3. The van der Waals surface area contributed by atoms with Gasteiger partial charge in [0.2, 0.25) is 0 Å². The Morgan fingerprint density at radius 3 is 2.12 bits per heavy atom. The van der Waals surface area contributed by atoms with Crippen molar-refractivity contribution in [1.29, 1.82) is 0 Å². The number of nitrogens with zero attached hydrogens (tertiary/aromatic N) is 1. The first-order valence-corrected chi connectivity index (χ1v) is 9.98. The molecule has 8 heteroatoms. The van der Waals surface area contributed by atoms with Gasteiger partial charge in [-0.15, -0.1) is 8.58 Å². The Kier molecular flexibility index (Phi) is 10.5. The minimum Gasteiger partial charge on any atom is -0.461 e. The van der Waals surface area contributed by atoms with E-state index in [0.29, 0.717) is 8.58 Å². The van der Waals surface area contributed by atoms with Crippen LogP contribution in [0.3, 0.4) is 0 Å². The fourth-order valence-corrected chi connectivity index (χ4v) is 3.27. The molecule has 7 nitrogen and oxygen atoms in total. The number of rotatable bonds is 10. The zero-order chi connectivity index (χ0) is 20.4. The zero-order valence-corrected chi connectivity index (χ0v) is 17.7. The summed E-state index contributed by atoms with van der Waals surface area (Å²) < 4.78 is 15.1. The summed E-state index contributed by atoms with van der Waals surface area (Å²) in [5.41, 5.74) is 0.0149. The zero-order valence-electron chi connectivity index (χ0n) is 16.7. The number of likely N-dealkylation sites (N-methyl/N-ethyl adjacent to an activating group) is 1. The lowest BCUT2D eigenvalue weighted by atomic mass is 9.85. The predicted molar refractivity (Wildman–Crippen MR) is 103 cm³/mol. The van der Waals surface area contributed by atoms with Crippen molar-refractivity contribution >= 4 is 26.6 Å². The van der Waals surface area contributed by atoms with Gasteiger partial charge in [-0.2, -0.15) is 0 Å². The molecule has 0 aromatic carbocycles. The molecule has 0 heterocycles. The fourth-order valence-electron chi connectivity index (χ4n) is 2.29. The van der Waals surface area contributed by atoms with Crippen molar-refractivity contribution in [2.75, 3.05) is 40.1 Å². The first kappa shape index (κ1) is 24.4. The maximum absolute atomic E-state index is 12.4. The average Bonchev–Trinajstić information content (AvgIpc) is 2.56. The highest BCUT2D eigenvalue weighted by Crippen LogP contribution is 2.40. The van der Waals surface area contributed by atoms with Gasteiger partial charge >= 0.3 is 18.0 Å². The van der Waals surface area contributed by atoms with E-state index in [1.54, 1.807) is 0 Å². The highest BCUT2D eigenvalue weighted by Gasteiger charge is 2.37. The van der Waals surface area contributed by atoms with Gasteiger partial charge in [-0.25, -0.2) is 9.59 Å². The monoisotopic (exact) mass is 389 g/mol. The Hall–Kier alpha value is -1.62. The topological polar surface area (TPSA) is 82.1 Å². The third-order valence-corrected chi connectivity index (χ3v) is 5.06. The van der Waals surface area contributed by atoms with Crippen molar-refractivity contribution in [2.45, 2.75) is 39.3 Å². The number of amides is 1. The lowest BCUT2D eigenvalue weighted by molar-refractivity contribution is -0.148. The molecule has 0 aliphatic rings. The Balaban J connectivity index is 4.19. The Morgan fingerprint density at radius 1 is 1.04 bits per heavy atom. The normalized spacial score (nSPS) is 13.8. The van der Waals surface area contributed by atoms with Crippen LogP contribution in [0.1, 0.15) is 34.1 Å². The number of carbonyl (C=O) groups is 3. The molecule has 150 valence electrons. The van der Waals surface area contributed by atoms with Crippen molar-refractivity contribution in [3.63, 3.8) is 0 Å². The standard InChI is InChI=1S/C18H32NO6P/c1-8-14(20)23-10-9-19(6)16(22)25-12-11-24-15(21)18(5,26-7)13-17(2,3)4/h8,26H,1,9-13H2,2-7H3. The summed E-state index contributed by atoms with van der Waals surface area (Å²) in [6, 6.07) is 0. The molecule has 0 radical (unpaired) electrons. The van der Waals surface area contributed by atoms with Gasteiger partial charge in [0.15, 0.2) is 0 Å². The van der Waals surface area contributed by atoms with E-state index in [0.717, 1.165) is 12.5 Å². The summed E-state index contributed by atoms with van der Waals surface area (Å²) in [5.74, 6) is -0.817. The van der Waals surface area contributed by atoms with E-state index < -0.39 is 17.2 Å². The number of hydrogen-bond donors (Lipinski definition) is 0. The van der Waals surface area contributed by atoms with Crippen molar-refractivity contribution in [2.24, 2.45) is 5.41 Å². The molecule has 1 amide bonds. The summed E-state index contributed by atoms with van der Waals surface area (Å²) in [5, 5.41) is -0.534. The molecule has 0 rings (SSSR count). The van der Waals surface area contributed by atoms with Crippen molar-refractivity contribution < 1.29 is 28.6 Å². The van der Waals surface area contributed by atoms with Gasteiger partial charge in [-0.05, 0) is 25.4 Å². The second-order valence-electron chi connectivity index (χ2n) is 7.36. The maximum atomic E-state index is 12.4. The van der Waals surface area contributed by atoms with Gasteiger partial charge in [-0.3, -0.25) is 4.79 Å². The highest BCUT2D eigenvalue weighted by molar-refractivity contribution is 7.40. The fraction of sp³-hybridized carbons (Fsp3) is 0.722. The third-order valence-electron chi connectivity index (χ3n) is 3.58. The van der Waals surface area contributed by atoms with Crippen LogP contribution in [-0.2, 0) is 23.8 Å². The second-order valence-corrected chi connectivity index (χ2v) is 8.97. The molecule has 0 aromatic heterocycles. The van der Waals surface area contributed by atoms with E-state index in [9.17, 15) is 14.4 Å². The van der Waals surface area contributed by atoms with Gasteiger partial charge in [-0.1, -0.05) is 27.4 Å². The van der Waals surface area contributed by atoms with Crippen molar-refractivity contribution in [1.82, 2.24) is 4.90 Å². The minimum absolute atomic E-state index is 0.00801. The summed E-state index contributed by atoms with van der Waals surface area (Å²) in [6.45, 7) is 13.7. The molecule has 0 saturated heterocycles. The average molecular weight is 389 g/mol. The summed E-state index contributed by atoms with van der Waals surface area (Å²) in [6.07, 6.45) is 1.20. The summed E-state index contributed by atoms with van der Waals surface area (Å²) in [7, 11) is 1.94. The SMILES string of the molecule is C=CC(=O)OCCN(C)C(=O)OCCOC(=O)C(C)(CC(C)(C)C)PC. The molecular formula is C18H32NO6P. The molecule has 0 aliphatic carbocycles. The first-order valence-electron chi connectivity index (χ1n) is 8.48. The molecule has 0 N–H and O–H groups in total. The molecule has 0 bridgehead atoms. The van der Waals surface area contributed by atoms with Gasteiger partial charge in [0.1, 0.15) is 19.8 Å². The summed E-state index contributed by atoms with van der Waals surface area (Å²) >= 11 is 0. The molecule has 26 heavy (non-hydrogen) atoms. The van der Waals surface area contributed by atoms with Crippen LogP contribution in [0.2, 0.25) is 0 Å². The Morgan fingerprint density at radius 2 is 1.62 bits per heavy atom. The molecule has 0 aliphatic heterocycles. The van der Waals surface area contributed by atoms with Crippen LogP contribution in [0, 0.1) is 5.41 Å². The van der Waals surface area contributed by atoms with Crippen LogP contribution in [0.25, 0.3) is 0 Å². The largest absolute Gasteiger partial charge is 0.461 e.